The maximum absolute atomic E-state index is 13.2. The van der Waals surface area contributed by atoms with Crippen LogP contribution in [0.25, 0.3) is 6.08 Å². The van der Waals surface area contributed by atoms with E-state index in [0.717, 1.165) is 17.6 Å². The van der Waals surface area contributed by atoms with Crippen molar-refractivity contribution < 1.29 is 14.4 Å². The summed E-state index contributed by atoms with van der Waals surface area (Å²) in [5.41, 5.74) is 8.95. The zero-order valence-corrected chi connectivity index (χ0v) is 25.6. The molecule has 0 aliphatic carbocycles. The number of carbonyl (C=O) groups excluding carboxylic acids is 3. The lowest BCUT2D eigenvalue weighted by Gasteiger charge is -2.26. The van der Waals surface area contributed by atoms with E-state index < -0.39 is 6.04 Å². The smallest absolute Gasteiger partial charge is 0.245 e. The Balaban J connectivity index is 0. The summed E-state index contributed by atoms with van der Waals surface area (Å²) < 4.78 is 0. The minimum atomic E-state index is -0.711. The first-order valence-corrected chi connectivity index (χ1v) is 14.2. The molecule has 3 amide bonds. The van der Waals surface area contributed by atoms with Gasteiger partial charge in [-0.05, 0) is 69.5 Å². The van der Waals surface area contributed by atoms with Gasteiger partial charge in [-0.3, -0.25) is 14.4 Å². The molecule has 218 valence electrons. The lowest BCUT2D eigenvalue weighted by atomic mass is 10.1. The molecule has 0 aromatic heterocycles. The van der Waals surface area contributed by atoms with Gasteiger partial charge in [0.05, 0.1) is 6.54 Å². The molecule has 0 fully saturated rings. The van der Waals surface area contributed by atoms with Gasteiger partial charge in [0.1, 0.15) is 6.04 Å². The Morgan fingerprint density at radius 1 is 1.03 bits per heavy atom. The van der Waals surface area contributed by atoms with Gasteiger partial charge in [0.15, 0.2) is 0 Å². The number of benzene rings is 1. The number of likely N-dealkylation sites (N-methyl/N-ethyl adjacent to an activating group) is 1. The molecule has 0 radical (unpaired) electrons. The van der Waals surface area contributed by atoms with Gasteiger partial charge in [-0.1, -0.05) is 77.8 Å². The van der Waals surface area contributed by atoms with Crippen LogP contribution >= 0.6 is 0 Å². The largest absolute Gasteiger partial charge is 0.399 e. The number of nitrogens with zero attached hydrogens (tertiary/aromatic N) is 1. The zero-order chi connectivity index (χ0) is 30.2. The highest BCUT2D eigenvalue weighted by Crippen LogP contribution is 2.08. The van der Waals surface area contributed by atoms with Gasteiger partial charge in [-0.15, -0.1) is 0 Å². The number of anilines is 1. The summed E-state index contributed by atoms with van der Waals surface area (Å²) in [7, 11) is 0. The molecule has 1 aromatic carbocycles. The molecule has 0 saturated heterocycles. The molecule has 0 bridgehead atoms. The molecular formula is C32H52N4O3. The third kappa shape index (κ3) is 16.8. The second-order valence-electron chi connectivity index (χ2n) is 8.24. The van der Waals surface area contributed by atoms with Crippen molar-refractivity contribution in [1.82, 2.24) is 15.5 Å². The molecule has 0 spiro atoms. The highest BCUT2D eigenvalue weighted by Gasteiger charge is 2.25. The zero-order valence-electron chi connectivity index (χ0n) is 25.6. The fourth-order valence-corrected chi connectivity index (χ4v) is 3.18. The van der Waals surface area contributed by atoms with E-state index in [4.69, 9.17) is 5.73 Å². The highest BCUT2D eigenvalue weighted by atomic mass is 16.2. The van der Waals surface area contributed by atoms with Crippen molar-refractivity contribution in [2.45, 2.75) is 87.6 Å². The van der Waals surface area contributed by atoms with E-state index >= 15 is 0 Å². The fraction of sp³-hybridized carbons (Fsp3) is 0.469. The van der Waals surface area contributed by atoms with Crippen LogP contribution in [0.4, 0.5) is 5.69 Å². The van der Waals surface area contributed by atoms with Crippen molar-refractivity contribution in [2.24, 2.45) is 0 Å². The molecule has 1 unspecified atom stereocenters. The lowest BCUT2D eigenvalue weighted by molar-refractivity contribution is -0.138. The Morgan fingerprint density at radius 3 is 2.15 bits per heavy atom. The summed E-state index contributed by atoms with van der Waals surface area (Å²) in [5, 5.41) is 5.67. The van der Waals surface area contributed by atoms with Crippen LogP contribution in [0.15, 0.2) is 65.9 Å². The molecule has 1 aromatic rings. The Morgan fingerprint density at radius 2 is 1.64 bits per heavy atom. The third-order valence-electron chi connectivity index (χ3n) is 5.29. The first-order valence-electron chi connectivity index (χ1n) is 14.2. The number of nitrogens with two attached hydrogens (primary N) is 1. The van der Waals surface area contributed by atoms with Crippen LogP contribution in [0.3, 0.4) is 0 Å². The van der Waals surface area contributed by atoms with Gasteiger partial charge >= 0.3 is 0 Å². The highest BCUT2D eigenvalue weighted by molar-refractivity contribution is 5.96. The molecule has 7 nitrogen and oxygen atoms in total. The average Bonchev–Trinajstić information content (AvgIpc) is 2.95. The number of rotatable bonds is 13. The molecular weight excluding hydrogens is 488 g/mol. The number of amides is 3. The number of carbonyl (C=O) groups is 3. The van der Waals surface area contributed by atoms with E-state index in [1.807, 2.05) is 86.6 Å². The summed E-state index contributed by atoms with van der Waals surface area (Å²) in [5.74, 6) is -0.940. The molecule has 0 heterocycles. The van der Waals surface area contributed by atoms with E-state index in [1.54, 1.807) is 30.3 Å². The molecule has 1 rings (SSSR count). The average molecular weight is 541 g/mol. The molecule has 1 atom stereocenters. The Bertz CT molecular complexity index is 960. The monoisotopic (exact) mass is 540 g/mol. The van der Waals surface area contributed by atoms with Gasteiger partial charge in [-0.25, -0.2) is 0 Å². The Kier molecular flexibility index (Phi) is 22.6. The van der Waals surface area contributed by atoms with Crippen molar-refractivity contribution >= 4 is 29.5 Å². The van der Waals surface area contributed by atoms with Crippen LogP contribution in [0.5, 0.6) is 0 Å². The topological polar surface area (TPSA) is 105 Å². The maximum Gasteiger partial charge on any atom is 0.245 e. The number of nitrogens with one attached hydrogen (secondary N) is 2. The summed E-state index contributed by atoms with van der Waals surface area (Å²) in [6.45, 7) is 18.0. The van der Waals surface area contributed by atoms with E-state index in [2.05, 4.69) is 10.6 Å². The van der Waals surface area contributed by atoms with Gasteiger partial charge in [0.2, 0.25) is 17.7 Å². The Labute approximate surface area is 237 Å². The van der Waals surface area contributed by atoms with Crippen molar-refractivity contribution in [3.05, 3.63) is 71.5 Å². The van der Waals surface area contributed by atoms with Crippen molar-refractivity contribution in [2.75, 3.05) is 18.8 Å². The summed E-state index contributed by atoms with van der Waals surface area (Å²) >= 11 is 0. The number of hydrogen-bond acceptors (Lipinski definition) is 4. The molecule has 7 heteroatoms. The predicted octanol–water partition coefficient (Wildman–Crippen LogP) is 6.40. The standard InChI is InChI=1S/C28H40N4O3.2C2H6/c1-6-10-12-24(19-21(5)8-3)30-27(34)20-32(9-4)28(35)25(11-7-2)31-26(33)18-15-22-13-16-23(29)17-14-22;2*1-2/h6,10,12-19,25H,7-9,11,20,29H2,1-5H3,(H,30,34)(H,31,33);2*1-2H3/b10-6-,18-15+,21-19+,24-12+;;. The summed E-state index contributed by atoms with van der Waals surface area (Å²) in [6, 6.07) is 6.41. The third-order valence-corrected chi connectivity index (χ3v) is 5.29. The molecule has 39 heavy (non-hydrogen) atoms. The predicted molar refractivity (Wildman–Crippen MR) is 167 cm³/mol. The second kappa shape index (κ2) is 23.5. The van der Waals surface area contributed by atoms with Crippen LogP contribution in [-0.4, -0.2) is 41.8 Å². The fourth-order valence-electron chi connectivity index (χ4n) is 3.18. The van der Waals surface area contributed by atoms with Crippen molar-refractivity contribution in [3.63, 3.8) is 0 Å². The minimum absolute atomic E-state index is 0.0983. The number of allylic oxidation sites excluding steroid dienone is 5. The van der Waals surface area contributed by atoms with E-state index in [9.17, 15) is 14.4 Å². The van der Waals surface area contributed by atoms with Crippen molar-refractivity contribution in [3.8, 4) is 0 Å². The molecule has 0 saturated carbocycles. The van der Waals surface area contributed by atoms with Crippen molar-refractivity contribution in [1.29, 1.82) is 0 Å². The lowest BCUT2D eigenvalue weighted by Crippen LogP contribution is -2.50. The summed E-state index contributed by atoms with van der Waals surface area (Å²) in [6.07, 6.45) is 12.6. The van der Waals surface area contributed by atoms with Crippen LogP contribution in [0, 0.1) is 0 Å². The van der Waals surface area contributed by atoms with E-state index in [1.165, 1.54) is 11.0 Å². The van der Waals surface area contributed by atoms with E-state index in [-0.39, 0.29) is 24.3 Å². The second-order valence-corrected chi connectivity index (χ2v) is 8.24. The quantitative estimate of drug-likeness (QED) is 0.153. The molecule has 0 aliphatic rings. The first kappa shape index (κ1) is 37.5. The van der Waals surface area contributed by atoms with E-state index in [0.29, 0.717) is 30.8 Å². The van der Waals surface area contributed by atoms with Gasteiger partial charge in [0, 0.05) is 24.0 Å². The maximum atomic E-state index is 13.2. The molecule has 0 aliphatic heterocycles. The minimum Gasteiger partial charge on any atom is -0.399 e. The van der Waals surface area contributed by atoms with Crippen LogP contribution in [0.1, 0.15) is 87.1 Å². The Hall–Kier alpha value is -3.61. The van der Waals surface area contributed by atoms with Gasteiger partial charge in [0.25, 0.3) is 0 Å². The van der Waals surface area contributed by atoms with Crippen LogP contribution in [-0.2, 0) is 14.4 Å². The van der Waals surface area contributed by atoms with Gasteiger partial charge < -0.3 is 21.3 Å². The first-order chi connectivity index (χ1) is 18.7. The summed E-state index contributed by atoms with van der Waals surface area (Å²) in [4.78, 5) is 39.9. The molecule has 4 N–H and O–H groups in total. The van der Waals surface area contributed by atoms with Crippen LogP contribution in [0.2, 0.25) is 0 Å². The SMILES string of the molecule is CC.CC.C\C=C/C=C(\C=C(/C)CC)NC(=O)CN(CC)C(=O)C(CCC)NC(=O)/C=C/c1ccc(N)cc1. The number of nitrogen functional groups attached to an aromatic ring is 1. The normalized spacial score (nSPS) is 12.1. The number of hydrogen-bond donors (Lipinski definition) is 3. The van der Waals surface area contributed by atoms with Gasteiger partial charge in [-0.2, -0.15) is 0 Å². The van der Waals surface area contributed by atoms with Crippen LogP contribution < -0.4 is 16.4 Å².